The van der Waals surface area contributed by atoms with Crippen LogP contribution in [0.4, 0.5) is 9.59 Å². The fourth-order valence-electron chi connectivity index (χ4n) is 6.24. The van der Waals surface area contributed by atoms with Gasteiger partial charge in [0.15, 0.2) is 0 Å². The predicted molar refractivity (Wildman–Crippen MR) is 159 cm³/mol. The molecule has 45 heavy (non-hydrogen) atoms. The molecule has 4 aliphatic rings. The lowest BCUT2D eigenvalue weighted by molar-refractivity contribution is -0.145. The molecule has 14 heteroatoms. The maximum Gasteiger partial charge on any atom is 0.410 e. The van der Waals surface area contributed by atoms with Gasteiger partial charge < -0.3 is 35.0 Å². The van der Waals surface area contributed by atoms with Crippen molar-refractivity contribution < 1.29 is 38.6 Å². The lowest BCUT2D eigenvalue weighted by atomic mass is 10.0. The number of ether oxygens (including phenoxy) is 2. The van der Waals surface area contributed by atoms with E-state index in [1.807, 2.05) is 12.2 Å². The van der Waals surface area contributed by atoms with Crippen LogP contribution >= 0.6 is 0 Å². The highest BCUT2D eigenvalue weighted by molar-refractivity contribution is 5.96. The summed E-state index contributed by atoms with van der Waals surface area (Å²) in [5, 5.41) is 15.4. The van der Waals surface area contributed by atoms with E-state index in [2.05, 4.69) is 20.6 Å². The van der Waals surface area contributed by atoms with Crippen molar-refractivity contribution in [1.82, 2.24) is 30.4 Å². The van der Waals surface area contributed by atoms with Crippen LogP contribution in [0.15, 0.2) is 24.7 Å². The predicted octanol–water partition coefficient (Wildman–Crippen LogP) is 2.31. The first-order chi connectivity index (χ1) is 21.4. The number of hydrogen-bond donors (Lipinski definition) is 3. The first-order valence-corrected chi connectivity index (χ1v) is 15.6. The summed E-state index contributed by atoms with van der Waals surface area (Å²) in [4.78, 5) is 77.2. The summed E-state index contributed by atoms with van der Waals surface area (Å²) < 4.78 is 11.2. The van der Waals surface area contributed by atoms with E-state index in [1.54, 1.807) is 27.0 Å². The van der Waals surface area contributed by atoms with Crippen molar-refractivity contribution in [1.29, 1.82) is 0 Å². The van der Waals surface area contributed by atoms with Crippen molar-refractivity contribution in [3.63, 3.8) is 0 Å². The van der Waals surface area contributed by atoms with Gasteiger partial charge in [-0.1, -0.05) is 25.0 Å². The summed E-state index contributed by atoms with van der Waals surface area (Å²) >= 11 is 0. The third kappa shape index (κ3) is 7.54. The summed E-state index contributed by atoms with van der Waals surface area (Å²) in [6, 6.07) is -2.11. The molecule has 0 unspecified atom stereocenters. The number of hydrogen-bond acceptors (Lipinski definition) is 9. The molecule has 2 fully saturated rings. The van der Waals surface area contributed by atoms with E-state index in [0.29, 0.717) is 25.8 Å². The van der Waals surface area contributed by atoms with Gasteiger partial charge in [0.05, 0.1) is 18.8 Å². The number of carbonyl (C=O) groups excluding carboxylic acids is 4. The van der Waals surface area contributed by atoms with Crippen LogP contribution in [0.25, 0.3) is 0 Å². The zero-order chi connectivity index (χ0) is 32.4. The number of aromatic nitrogens is 2. The third-order valence-electron chi connectivity index (χ3n) is 8.70. The molecule has 1 saturated heterocycles. The standard InChI is InChI=1S/C31H42N6O8/c1-30(2,3)45-28(42)34-23-10-8-6-4-5-7-9-20-14-31(20,27(40)41)35-25(38)24-13-21(17-37(24)26(23)39)44-29(43)36-12-11-22-19(16-36)15-32-18-33-22/h7,9,15,18,20-21,23-24H,4-6,8,10-14,16-17H2,1-3H3,(H,34,42)(H,35,38)(H,40,41)/b9-7-/t20-,21-,23+,24+,31-/m1/s1. The van der Waals surface area contributed by atoms with E-state index in [9.17, 15) is 29.1 Å². The van der Waals surface area contributed by atoms with Crippen LogP contribution in [0.3, 0.4) is 0 Å². The van der Waals surface area contributed by atoms with Crippen molar-refractivity contribution in [3.8, 4) is 0 Å². The highest BCUT2D eigenvalue weighted by Gasteiger charge is 2.61. The van der Waals surface area contributed by atoms with Crippen molar-refractivity contribution in [2.45, 2.75) is 108 Å². The number of amides is 4. The Morgan fingerprint density at radius 1 is 1.18 bits per heavy atom. The first kappa shape index (κ1) is 32.2. The number of fused-ring (bicyclic) bond motifs is 3. The third-order valence-corrected chi connectivity index (χ3v) is 8.70. The smallest absolute Gasteiger partial charge is 0.410 e. The van der Waals surface area contributed by atoms with E-state index in [1.165, 1.54) is 16.1 Å². The molecule has 0 spiro atoms. The van der Waals surface area contributed by atoms with Gasteiger partial charge in [0.1, 0.15) is 35.7 Å². The van der Waals surface area contributed by atoms with Gasteiger partial charge >= 0.3 is 18.2 Å². The van der Waals surface area contributed by atoms with E-state index in [4.69, 9.17) is 9.47 Å². The highest BCUT2D eigenvalue weighted by atomic mass is 16.6. The van der Waals surface area contributed by atoms with E-state index < -0.39 is 59.3 Å². The number of carboxylic acid groups (broad SMARTS) is 1. The number of rotatable bonds is 3. The first-order valence-electron chi connectivity index (χ1n) is 15.6. The molecular formula is C31H42N6O8. The molecule has 3 N–H and O–H groups in total. The van der Waals surface area contributed by atoms with Gasteiger partial charge in [-0.25, -0.2) is 24.4 Å². The summed E-state index contributed by atoms with van der Waals surface area (Å²) in [6.45, 7) is 5.72. The van der Waals surface area contributed by atoms with Crippen LogP contribution in [-0.2, 0) is 36.8 Å². The maximum atomic E-state index is 14.1. The van der Waals surface area contributed by atoms with Crippen molar-refractivity contribution >= 4 is 30.0 Å². The fraction of sp³-hybridized carbons (Fsp3) is 0.645. The summed E-state index contributed by atoms with van der Waals surface area (Å²) in [7, 11) is 0. The molecule has 5 atom stereocenters. The lowest BCUT2D eigenvalue weighted by Gasteiger charge is -2.30. The Bertz CT molecular complexity index is 1360. The van der Waals surface area contributed by atoms with Crippen LogP contribution in [-0.4, -0.2) is 97.3 Å². The molecule has 4 heterocycles. The molecule has 14 nitrogen and oxygen atoms in total. The van der Waals surface area contributed by atoms with Crippen molar-refractivity contribution in [3.05, 3.63) is 35.9 Å². The number of carboxylic acids is 1. The Kier molecular flexibility index (Phi) is 9.31. The molecular weight excluding hydrogens is 584 g/mol. The molecule has 5 rings (SSSR count). The Morgan fingerprint density at radius 3 is 2.73 bits per heavy atom. The quantitative estimate of drug-likeness (QED) is 0.422. The maximum absolute atomic E-state index is 14.1. The van der Waals surface area contributed by atoms with Gasteiger partial charge in [0.2, 0.25) is 11.8 Å². The SMILES string of the molecule is CC(C)(C)OC(=O)N[C@H]1CCCCC/C=C\[C@@H]2C[C@@]2(C(=O)O)NC(=O)[C@@H]2C[C@@H](OC(=O)N3CCc4ncncc4C3)CN2C1=O. The molecule has 0 radical (unpaired) electrons. The molecule has 1 aromatic rings. The number of nitrogens with one attached hydrogen (secondary N) is 2. The molecule has 1 saturated carbocycles. The largest absolute Gasteiger partial charge is 0.479 e. The van der Waals surface area contributed by atoms with Gasteiger partial charge in [-0.05, 0) is 46.5 Å². The highest BCUT2D eigenvalue weighted by Crippen LogP contribution is 2.45. The van der Waals surface area contributed by atoms with Crippen LogP contribution in [0.2, 0.25) is 0 Å². The van der Waals surface area contributed by atoms with Gasteiger partial charge in [0.25, 0.3) is 0 Å². The monoisotopic (exact) mass is 626 g/mol. The zero-order valence-corrected chi connectivity index (χ0v) is 26.0. The molecule has 0 bridgehead atoms. The van der Waals surface area contributed by atoms with Crippen molar-refractivity contribution in [2.24, 2.45) is 5.92 Å². The van der Waals surface area contributed by atoms with E-state index in [-0.39, 0.29) is 31.8 Å². The van der Waals surface area contributed by atoms with Crippen LogP contribution < -0.4 is 10.6 Å². The second kappa shape index (κ2) is 13.0. The summed E-state index contributed by atoms with van der Waals surface area (Å²) in [6.07, 6.45) is 8.75. The fourth-order valence-corrected chi connectivity index (χ4v) is 6.24. The normalized spacial score (nSPS) is 29.5. The topological polar surface area (TPSA) is 180 Å². The average molecular weight is 627 g/mol. The van der Waals surface area contributed by atoms with Crippen LogP contribution in [0.5, 0.6) is 0 Å². The summed E-state index contributed by atoms with van der Waals surface area (Å²) in [5.41, 5.74) is -0.569. The van der Waals surface area contributed by atoms with Crippen LogP contribution in [0.1, 0.15) is 77.0 Å². The molecule has 3 aliphatic heterocycles. The molecule has 4 amide bonds. The van der Waals surface area contributed by atoms with Gasteiger partial charge in [0, 0.05) is 37.1 Å². The van der Waals surface area contributed by atoms with Gasteiger partial charge in [-0.3, -0.25) is 9.59 Å². The molecule has 244 valence electrons. The second-order valence-corrected chi connectivity index (χ2v) is 13.3. The molecule has 0 aromatic carbocycles. The number of allylic oxidation sites excluding steroid dienone is 1. The minimum Gasteiger partial charge on any atom is -0.479 e. The van der Waals surface area contributed by atoms with E-state index in [0.717, 1.165) is 30.5 Å². The Balaban J connectivity index is 1.36. The van der Waals surface area contributed by atoms with Crippen LogP contribution in [0, 0.1) is 5.92 Å². The Hall–Kier alpha value is -4.23. The minimum atomic E-state index is -1.46. The number of alkyl carbamates (subject to hydrolysis) is 1. The number of aliphatic carboxylic acids is 1. The Labute approximate surface area is 261 Å². The number of carbonyl (C=O) groups is 5. The second-order valence-electron chi connectivity index (χ2n) is 13.3. The van der Waals surface area contributed by atoms with Gasteiger partial charge in [-0.2, -0.15) is 0 Å². The zero-order valence-electron chi connectivity index (χ0n) is 26.0. The average Bonchev–Trinajstić information content (AvgIpc) is 3.51. The van der Waals surface area contributed by atoms with Gasteiger partial charge in [-0.15, -0.1) is 0 Å². The minimum absolute atomic E-state index is 0.0216. The molecule has 1 aromatic heterocycles. The van der Waals surface area contributed by atoms with Crippen molar-refractivity contribution in [2.75, 3.05) is 13.1 Å². The molecule has 1 aliphatic carbocycles. The number of nitrogens with zero attached hydrogens (tertiary/aromatic N) is 4. The lowest BCUT2D eigenvalue weighted by Crippen LogP contribution is -2.56. The summed E-state index contributed by atoms with van der Waals surface area (Å²) in [5.74, 6) is -2.67. The van der Waals surface area contributed by atoms with E-state index >= 15 is 0 Å². The Morgan fingerprint density at radius 2 is 1.98 bits per heavy atom.